The number of carbonyl (C=O) groups is 2. The van der Waals surface area contributed by atoms with E-state index in [-0.39, 0.29) is 17.9 Å². The van der Waals surface area contributed by atoms with Crippen molar-refractivity contribution in [2.24, 2.45) is 0 Å². The van der Waals surface area contributed by atoms with Gasteiger partial charge in [-0.15, -0.1) is 11.3 Å². The topological polar surface area (TPSA) is 49.9 Å². The van der Waals surface area contributed by atoms with Crippen LogP contribution in [-0.2, 0) is 4.79 Å². The van der Waals surface area contributed by atoms with Crippen molar-refractivity contribution in [1.82, 2.24) is 9.80 Å². The Hall–Kier alpha value is -2.34. The summed E-state index contributed by atoms with van der Waals surface area (Å²) >= 11 is 1.45. The molecule has 0 spiro atoms. The van der Waals surface area contributed by atoms with Gasteiger partial charge in [-0.2, -0.15) is 0 Å². The lowest BCUT2D eigenvalue weighted by Gasteiger charge is -2.41. The molecule has 2 aromatic rings. The third-order valence-electron chi connectivity index (χ3n) is 4.30. The van der Waals surface area contributed by atoms with Crippen LogP contribution in [0.2, 0.25) is 0 Å². The Morgan fingerprint density at radius 2 is 1.92 bits per heavy atom. The quantitative estimate of drug-likeness (QED) is 0.860. The Bertz CT molecular complexity index is 712. The first-order valence-electron chi connectivity index (χ1n) is 7.84. The number of methoxy groups -OCH3 is 1. The summed E-state index contributed by atoms with van der Waals surface area (Å²) in [5.41, 5.74) is 1.01. The maximum Gasteiger partial charge on any atom is 0.264 e. The van der Waals surface area contributed by atoms with Crippen molar-refractivity contribution in [3.8, 4) is 5.75 Å². The number of hydrogen-bond donors (Lipinski definition) is 0. The maximum atomic E-state index is 12.6. The zero-order chi connectivity index (χ0) is 17.1. The summed E-state index contributed by atoms with van der Waals surface area (Å²) in [6.45, 7) is 3.18. The predicted molar refractivity (Wildman–Crippen MR) is 93.3 cm³/mol. The third-order valence-corrected chi connectivity index (χ3v) is 5.16. The molecule has 1 atom stereocenters. The van der Waals surface area contributed by atoms with Crippen LogP contribution in [0.4, 0.5) is 0 Å². The Kier molecular flexibility index (Phi) is 4.85. The molecule has 1 aromatic carbocycles. The summed E-state index contributed by atoms with van der Waals surface area (Å²) in [6.07, 6.45) is 0. The molecule has 0 N–H and O–H groups in total. The zero-order valence-corrected chi connectivity index (χ0v) is 14.6. The van der Waals surface area contributed by atoms with E-state index in [0.717, 1.165) is 16.2 Å². The van der Waals surface area contributed by atoms with Crippen molar-refractivity contribution >= 4 is 23.2 Å². The molecule has 2 amide bonds. The van der Waals surface area contributed by atoms with Crippen molar-refractivity contribution < 1.29 is 14.3 Å². The fourth-order valence-corrected chi connectivity index (χ4v) is 3.70. The van der Waals surface area contributed by atoms with Crippen LogP contribution < -0.4 is 4.74 Å². The summed E-state index contributed by atoms with van der Waals surface area (Å²) in [5, 5.41) is 1.90. The van der Waals surface area contributed by atoms with Crippen molar-refractivity contribution in [3.05, 3.63) is 52.2 Å². The standard InChI is InChI=1S/C18H20N2O3S/c1-13(21)20-10-9-19(18(22)17-4-3-11-24-17)12-16(20)14-5-7-15(23-2)8-6-14/h3-8,11,16H,9-10,12H2,1-2H3. The molecule has 126 valence electrons. The van der Waals surface area contributed by atoms with Gasteiger partial charge in [0.1, 0.15) is 5.75 Å². The number of rotatable bonds is 3. The minimum absolute atomic E-state index is 0.0269. The number of carbonyl (C=O) groups excluding carboxylic acids is 2. The van der Waals surface area contributed by atoms with Crippen molar-refractivity contribution in [2.45, 2.75) is 13.0 Å². The molecule has 1 aliphatic rings. The summed E-state index contributed by atoms with van der Waals surface area (Å²) in [4.78, 5) is 29.0. The molecule has 3 rings (SSSR count). The molecule has 6 heteroatoms. The molecule has 1 aliphatic heterocycles. The molecule has 2 heterocycles. The summed E-state index contributed by atoms with van der Waals surface area (Å²) in [5.74, 6) is 0.834. The lowest BCUT2D eigenvalue weighted by Crippen LogP contribution is -2.51. The van der Waals surface area contributed by atoms with Crippen LogP contribution in [0.3, 0.4) is 0 Å². The van der Waals surface area contributed by atoms with Gasteiger partial charge in [0.25, 0.3) is 5.91 Å². The van der Waals surface area contributed by atoms with Crippen LogP contribution in [0.25, 0.3) is 0 Å². The average Bonchev–Trinajstić information content (AvgIpc) is 3.15. The fraction of sp³-hybridized carbons (Fsp3) is 0.333. The molecule has 1 aromatic heterocycles. The molecule has 5 nitrogen and oxygen atoms in total. The van der Waals surface area contributed by atoms with Crippen molar-refractivity contribution in [2.75, 3.05) is 26.7 Å². The molecule has 0 radical (unpaired) electrons. The largest absolute Gasteiger partial charge is 0.497 e. The van der Waals surface area contributed by atoms with E-state index < -0.39 is 0 Å². The minimum atomic E-state index is -0.133. The lowest BCUT2D eigenvalue weighted by atomic mass is 10.0. The summed E-state index contributed by atoms with van der Waals surface area (Å²) in [7, 11) is 1.62. The number of piperazine rings is 1. The monoisotopic (exact) mass is 344 g/mol. The number of thiophene rings is 1. The number of amides is 2. The lowest BCUT2D eigenvalue weighted by molar-refractivity contribution is -0.133. The highest BCUT2D eigenvalue weighted by atomic mass is 32.1. The number of hydrogen-bond acceptors (Lipinski definition) is 4. The minimum Gasteiger partial charge on any atom is -0.497 e. The van der Waals surface area contributed by atoms with Gasteiger partial charge in [0.2, 0.25) is 5.91 Å². The van der Waals surface area contributed by atoms with E-state index in [2.05, 4.69) is 0 Å². The Morgan fingerprint density at radius 1 is 1.17 bits per heavy atom. The van der Waals surface area contributed by atoms with Gasteiger partial charge in [-0.1, -0.05) is 18.2 Å². The van der Waals surface area contributed by atoms with Crippen LogP contribution in [0, 0.1) is 0 Å². The first-order valence-corrected chi connectivity index (χ1v) is 8.72. The molecule has 0 saturated carbocycles. The second-order valence-electron chi connectivity index (χ2n) is 5.73. The smallest absolute Gasteiger partial charge is 0.264 e. The first kappa shape index (κ1) is 16.5. The average molecular weight is 344 g/mol. The molecule has 1 fully saturated rings. The molecule has 0 bridgehead atoms. The normalized spacial score (nSPS) is 17.7. The maximum absolute atomic E-state index is 12.6. The van der Waals surface area contributed by atoms with Crippen LogP contribution in [0.1, 0.15) is 28.2 Å². The van der Waals surface area contributed by atoms with Crippen LogP contribution >= 0.6 is 11.3 Å². The van der Waals surface area contributed by atoms with E-state index in [1.165, 1.54) is 11.3 Å². The van der Waals surface area contributed by atoms with Gasteiger partial charge in [0.05, 0.1) is 18.0 Å². The Morgan fingerprint density at radius 3 is 2.50 bits per heavy atom. The first-order chi connectivity index (χ1) is 11.6. The zero-order valence-electron chi connectivity index (χ0n) is 13.8. The van der Waals surface area contributed by atoms with Crippen LogP contribution in [0.15, 0.2) is 41.8 Å². The molecule has 0 aliphatic carbocycles. The van der Waals surface area contributed by atoms with Crippen molar-refractivity contribution in [1.29, 1.82) is 0 Å². The predicted octanol–water partition coefficient (Wildman–Crippen LogP) is 2.80. The van der Waals surface area contributed by atoms with E-state index in [1.807, 2.05) is 51.6 Å². The third kappa shape index (κ3) is 3.28. The van der Waals surface area contributed by atoms with E-state index in [1.54, 1.807) is 14.0 Å². The van der Waals surface area contributed by atoms with E-state index in [9.17, 15) is 9.59 Å². The van der Waals surface area contributed by atoms with Gasteiger partial charge in [0, 0.05) is 26.6 Å². The SMILES string of the molecule is COc1ccc(C2CN(C(=O)c3cccs3)CCN2C(C)=O)cc1. The highest BCUT2D eigenvalue weighted by Crippen LogP contribution is 2.28. The molecule has 1 unspecified atom stereocenters. The molecular weight excluding hydrogens is 324 g/mol. The van der Waals surface area contributed by atoms with Gasteiger partial charge in [-0.25, -0.2) is 0 Å². The van der Waals surface area contributed by atoms with Gasteiger partial charge in [-0.05, 0) is 29.1 Å². The number of benzene rings is 1. The summed E-state index contributed by atoms with van der Waals surface area (Å²) < 4.78 is 5.20. The Labute approximate surface area is 145 Å². The highest BCUT2D eigenvalue weighted by molar-refractivity contribution is 7.12. The second-order valence-corrected chi connectivity index (χ2v) is 6.68. The van der Waals surface area contributed by atoms with Gasteiger partial charge >= 0.3 is 0 Å². The molecule has 24 heavy (non-hydrogen) atoms. The van der Waals surface area contributed by atoms with E-state index in [4.69, 9.17) is 4.74 Å². The molecule has 1 saturated heterocycles. The van der Waals surface area contributed by atoms with Crippen molar-refractivity contribution in [3.63, 3.8) is 0 Å². The fourth-order valence-electron chi connectivity index (χ4n) is 3.01. The Balaban J connectivity index is 1.84. The summed E-state index contributed by atoms with van der Waals surface area (Å²) in [6, 6.07) is 11.3. The van der Waals surface area contributed by atoms with Gasteiger partial charge in [-0.3, -0.25) is 9.59 Å². The van der Waals surface area contributed by atoms with E-state index >= 15 is 0 Å². The van der Waals surface area contributed by atoms with Gasteiger partial charge < -0.3 is 14.5 Å². The number of ether oxygens (including phenoxy) is 1. The van der Waals surface area contributed by atoms with Crippen LogP contribution in [-0.4, -0.2) is 48.4 Å². The second kappa shape index (κ2) is 7.05. The number of nitrogens with zero attached hydrogens (tertiary/aromatic N) is 2. The van der Waals surface area contributed by atoms with Gasteiger partial charge in [0.15, 0.2) is 0 Å². The molecular formula is C18H20N2O3S. The van der Waals surface area contributed by atoms with E-state index in [0.29, 0.717) is 19.6 Å². The highest BCUT2D eigenvalue weighted by Gasteiger charge is 2.32. The van der Waals surface area contributed by atoms with Crippen LogP contribution in [0.5, 0.6) is 5.75 Å².